The van der Waals surface area contributed by atoms with Gasteiger partial charge < -0.3 is 13.9 Å². The Hall–Kier alpha value is -1.97. The van der Waals surface area contributed by atoms with Gasteiger partial charge in [0.1, 0.15) is 12.2 Å². The van der Waals surface area contributed by atoms with E-state index in [4.69, 9.17) is 9.15 Å². The van der Waals surface area contributed by atoms with Crippen molar-refractivity contribution in [3.05, 3.63) is 30.0 Å². The summed E-state index contributed by atoms with van der Waals surface area (Å²) in [6.45, 7) is 0. The summed E-state index contributed by atoms with van der Waals surface area (Å²) in [7, 11) is 2.89. The third-order valence-corrected chi connectivity index (χ3v) is 2.38. The minimum Gasteiger partial charge on any atom is -0.469 e. The number of carbonyl (C=O) groups is 1. The smallest absolute Gasteiger partial charge is 0.313 e. The average molecular weight is 220 g/mol. The number of fused-ring (bicyclic) bond motifs is 1. The highest BCUT2D eigenvalue weighted by Crippen LogP contribution is 2.32. The van der Waals surface area contributed by atoms with Crippen LogP contribution in [-0.4, -0.2) is 20.2 Å². The Balaban J connectivity index is 2.49. The van der Waals surface area contributed by atoms with Crippen molar-refractivity contribution in [2.45, 2.75) is 6.42 Å². The highest BCUT2D eigenvalue weighted by Gasteiger charge is 2.15. The first kappa shape index (κ1) is 10.5. The van der Waals surface area contributed by atoms with Crippen molar-refractivity contribution >= 4 is 16.7 Å². The molecular formula is C12H12O4. The zero-order valence-electron chi connectivity index (χ0n) is 9.15. The fraction of sp³-hybridized carbons (Fsp3) is 0.250. The molecule has 0 fully saturated rings. The van der Waals surface area contributed by atoms with Crippen LogP contribution in [0.4, 0.5) is 0 Å². The summed E-state index contributed by atoms with van der Waals surface area (Å²) in [6, 6.07) is 7.55. The van der Waals surface area contributed by atoms with Crippen LogP contribution in [0.25, 0.3) is 10.8 Å². The molecular weight excluding hydrogens is 208 g/mol. The molecule has 0 saturated carbocycles. The van der Waals surface area contributed by atoms with Crippen LogP contribution in [0, 0.1) is 0 Å². The van der Waals surface area contributed by atoms with Crippen LogP contribution in [0.5, 0.6) is 5.95 Å². The van der Waals surface area contributed by atoms with Crippen molar-refractivity contribution in [2.75, 3.05) is 14.2 Å². The van der Waals surface area contributed by atoms with Gasteiger partial charge in [-0.15, -0.1) is 0 Å². The van der Waals surface area contributed by atoms with E-state index >= 15 is 0 Å². The van der Waals surface area contributed by atoms with Gasteiger partial charge in [-0.05, 0) is 6.07 Å². The van der Waals surface area contributed by atoms with Gasteiger partial charge in [0.05, 0.1) is 19.6 Å². The molecule has 0 bridgehead atoms. The first-order chi connectivity index (χ1) is 7.76. The van der Waals surface area contributed by atoms with Crippen molar-refractivity contribution in [3.63, 3.8) is 0 Å². The molecule has 84 valence electrons. The first-order valence-corrected chi connectivity index (χ1v) is 4.87. The van der Waals surface area contributed by atoms with Gasteiger partial charge in [0, 0.05) is 5.39 Å². The molecule has 0 radical (unpaired) electrons. The normalized spacial score (nSPS) is 10.4. The van der Waals surface area contributed by atoms with E-state index in [0.29, 0.717) is 11.7 Å². The highest BCUT2D eigenvalue weighted by atomic mass is 16.6. The lowest BCUT2D eigenvalue weighted by Gasteiger charge is -1.95. The Kier molecular flexibility index (Phi) is 2.81. The predicted octanol–water partition coefficient (Wildman–Crippen LogP) is 2.16. The Morgan fingerprint density at radius 2 is 1.94 bits per heavy atom. The summed E-state index contributed by atoms with van der Waals surface area (Å²) in [4.78, 5) is 11.2. The summed E-state index contributed by atoms with van der Waals surface area (Å²) < 4.78 is 15.2. The summed E-state index contributed by atoms with van der Waals surface area (Å²) in [5, 5.41) is 1.74. The maximum atomic E-state index is 11.2. The molecule has 1 heterocycles. The second kappa shape index (κ2) is 4.26. The number of esters is 1. The number of furan rings is 1. The molecule has 0 atom stereocenters. The molecule has 0 aliphatic carbocycles. The predicted molar refractivity (Wildman–Crippen MR) is 58.5 cm³/mol. The van der Waals surface area contributed by atoms with Crippen LogP contribution in [0.2, 0.25) is 0 Å². The number of rotatable bonds is 3. The first-order valence-electron chi connectivity index (χ1n) is 4.87. The molecule has 16 heavy (non-hydrogen) atoms. The largest absolute Gasteiger partial charge is 0.469 e. The zero-order valence-corrected chi connectivity index (χ0v) is 9.15. The standard InChI is InChI=1S/C12H12O4/c1-14-11(13)7-10-8-5-3-4-6-9(8)12(15-2)16-10/h3-6H,7H2,1-2H3. The van der Waals surface area contributed by atoms with E-state index in [2.05, 4.69) is 4.74 Å². The summed E-state index contributed by atoms with van der Waals surface area (Å²) >= 11 is 0. The molecule has 4 nitrogen and oxygen atoms in total. The van der Waals surface area contributed by atoms with Crippen molar-refractivity contribution in [1.29, 1.82) is 0 Å². The van der Waals surface area contributed by atoms with Gasteiger partial charge in [-0.1, -0.05) is 18.2 Å². The minimum atomic E-state index is -0.331. The zero-order chi connectivity index (χ0) is 11.5. The van der Waals surface area contributed by atoms with Crippen molar-refractivity contribution in [3.8, 4) is 5.95 Å². The second-order valence-electron chi connectivity index (χ2n) is 3.32. The Morgan fingerprint density at radius 1 is 1.25 bits per heavy atom. The van der Waals surface area contributed by atoms with Gasteiger partial charge in [0.15, 0.2) is 0 Å². The fourth-order valence-electron chi connectivity index (χ4n) is 1.61. The summed E-state index contributed by atoms with van der Waals surface area (Å²) in [5.41, 5.74) is 0. The number of benzene rings is 1. The number of ether oxygens (including phenoxy) is 2. The Labute approximate surface area is 92.8 Å². The van der Waals surface area contributed by atoms with Crippen molar-refractivity contribution in [2.24, 2.45) is 0 Å². The van der Waals surface area contributed by atoms with Crippen molar-refractivity contribution in [1.82, 2.24) is 0 Å². The molecule has 2 rings (SSSR count). The monoisotopic (exact) mass is 220 g/mol. The average Bonchev–Trinajstić information content (AvgIpc) is 2.68. The number of hydrogen-bond acceptors (Lipinski definition) is 4. The van der Waals surface area contributed by atoms with E-state index < -0.39 is 0 Å². The van der Waals surface area contributed by atoms with Crippen molar-refractivity contribution < 1.29 is 18.7 Å². The topological polar surface area (TPSA) is 48.7 Å². The number of hydrogen-bond donors (Lipinski definition) is 0. The molecule has 1 aromatic heterocycles. The maximum Gasteiger partial charge on any atom is 0.313 e. The number of methoxy groups -OCH3 is 2. The quantitative estimate of drug-likeness (QED) is 0.744. The van der Waals surface area contributed by atoms with E-state index in [1.807, 2.05) is 24.3 Å². The number of carbonyl (C=O) groups excluding carboxylic acids is 1. The van der Waals surface area contributed by atoms with Crippen LogP contribution in [0.3, 0.4) is 0 Å². The lowest BCUT2D eigenvalue weighted by molar-refractivity contribution is -0.140. The van der Waals surface area contributed by atoms with Gasteiger partial charge in [0.2, 0.25) is 0 Å². The SMILES string of the molecule is COC(=O)Cc1oc(OC)c2ccccc12. The lowest BCUT2D eigenvalue weighted by atomic mass is 10.1. The van der Waals surface area contributed by atoms with Gasteiger partial charge in [-0.25, -0.2) is 0 Å². The van der Waals surface area contributed by atoms with E-state index in [0.717, 1.165) is 10.8 Å². The molecule has 0 unspecified atom stereocenters. The van der Waals surface area contributed by atoms with Gasteiger partial charge in [-0.2, -0.15) is 0 Å². The van der Waals surface area contributed by atoms with E-state index in [-0.39, 0.29) is 12.4 Å². The van der Waals surface area contributed by atoms with Gasteiger partial charge in [-0.3, -0.25) is 4.79 Å². The second-order valence-corrected chi connectivity index (χ2v) is 3.32. The van der Waals surface area contributed by atoms with E-state index in [9.17, 15) is 4.79 Å². The Bertz CT molecular complexity index is 513. The highest BCUT2D eigenvalue weighted by molar-refractivity contribution is 5.91. The summed E-state index contributed by atoms with van der Waals surface area (Å²) in [5.74, 6) is 0.663. The molecule has 2 aromatic rings. The third-order valence-electron chi connectivity index (χ3n) is 2.38. The summed E-state index contributed by atoms with van der Waals surface area (Å²) in [6.07, 6.45) is 0.111. The van der Waals surface area contributed by atoms with Crippen LogP contribution in [0.15, 0.2) is 28.7 Å². The molecule has 0 aliphatic rings. The Morgan fingerprint density at radius 3 is 2.56 bits per heavy atom. The van der Waals surface area contributed by atoms with E-state index in [1.165, 1.54) is 14.2 Å². The maximum absolute atomic E-state index is 11.2. The molecule has 0 aliphatic heterocycles. The fourth-order valence-corrected chi connectivity index (χ4v) is 1.61. The van der Waals surface area contributed by atoms with Gasteiger partial charge in [0.25, 0.3) is 5.95 Å². The minimum absolute atomic E-state index is 0.111. The molecule has 0 spiro atoms. The van der Waals surface area contributed by atoms with Crippen LogP contribution >= 0.6 is 0 Å². The third kappa shape index (κ3) is 1.74. The molecule has 4 heteroatoms. The van der Waals surface area contributed by atoms with E-state index in [1.54, 1.807) is 0 Å². The van der Waals surface area contributed by atoms with Crippen LogP contribution in [0.1, 0.15) is 5.76 Å². The molecule has 0 saturated heterocycles. The molecule has 0 amide bonds. The van der Waals surface area contributed by atoms with Crippen LogP contribution < -0.4 is 4.74 Å². The van der Waals surface area contributed by atoms with Crippen LogP contribution in [-0.2, 0) is 16.0 Å². The molecule has 0 N–H and O–H groups in total. The lowest BCUT2D eigenvalue weighted by Crippen LogP contribution is -2.03. The molecule has 1 aromatic carbocycles. The van der Waals surface area contributed by atoms with Gasteiger partial charge >= 0.3 is 5.97 Å².